The van der Waals surface area contributed by atoms with E-state index in [9.17, 15) is 29.4 Å². The van der Waals surface area contributed by atoms with E-state index in [-0.39, 0.29) is 19.4 Å². The third-order valence-electron chi connectivity index (χ3n) is 7.31. The minimum atomic E-state index is -1.32. The van der Waals surface area contributed by atoms with Crippen LogP contribution in [0.5, 0.6) is 0 Å². The molecule has 2 rings (SSSR count). The number of carbonyl (C=O) groups excluding carboxylic acids is 4. The van der Waals surface area contributed by atoms with Gasteiger partial charge in [-0.2, -0.15) is 0 Å². The molecule has 10 heteroatoms. The van der Waals surface area contributed by atoms with Gasteiger partial charge < -0.3 is 30.9 Å². The first-order valence-electron chi connectivity index (χ1n) is 15.8. The van der Waals surface area contributed by atoms with Gasteiger partial charge in [0.2, 0.25) is 17.7 Å². The van der Waals surface area contributed by atoms with Gasteiger partial charge in [0.25, 0.3) is 0 Å². The van der Waals surface area contributed by atoms with E-state index in [1.807, 2.05) is 42.5 Å². The molecule has 0 spiro atoms. The maximum Gasteiger partial charge on any atom is 0.331 e. The van der Waals surface area contributed by atoms with Gasteiger partial charge in [-0.1, -0.05) is 98.8 Å². The number of amides is 3. The molecule has 0 aliphatic rings. The molecule has 2 aromatic rings. The van der Waals surface area contributed by atoms with Crippen molar-refractivity contribution in [3.63, 3.8) is 0 Å². The number of aliphatic hydroxyl groups is 2. The molecule has 246 valence electrons. The van der Waals surface area contributed by atoms with E-state index >= 15 is 0 Å². The van der Waals surface area contributed by atoms with Crippen LogP contribution in [-0.2, 0) is 36.8 Å². The van der Waals surface area contributed by atoms with Gasteiger partial charge in [-0.05, 0) is 36.8 Å². The Bertz CT molecular complexity index is 1160. The molecule has 10 nitrogen and oxygen atoms in total. The summed E-state index contributed by atoms with van der Waals surface area (Å²) in [4.78, 5) is 51.5. The van der Waals surface area contributed by atoms with Gasteiger partial charge in [0.15, 0.2) is 6.04 Å². The zero-order valence-electron chi connectivity index (χ0n) is 26.1. The Hall–Kier alpha value is -4.02. The third-order valence-corrected chi connectivity index (χ3v) is 7.31. The molecule has 0 saturated carbocycles. The minimum absolute atomic E-state index is 0.0688. The maximum absolute atomic E-state index is 13.3. The lowest BCUT2D eigenvalue weighted by Gasteiger charge is -2.24. The summed E-state index contributed by atoms with van der Waals surface area (Å²) in [5.41, 5.74) is 1.69. The Morgan fingerprint density at radius 1 is 0.689 bits per heavy atom. The molecule has 0 aliphatic carbocycles. The quantitative estimate of drug-likeness (QED) is 0.0724. The molecule has 45 heavy (non-hydrogen) atoms. The standard InChI is InChI=1S/C35H49N3O7/c1-2-3-4-5-6-7-8-9-16-23-45-35(44)31(26-40)38-33(42)29(24-28-19-14-11-15-20-28)37-34(43)30(25-39)36-32(41)22-21-27-17-12-10-13-18-27/h2,10-15,17-20,29-31,39-40H,1,3-9,16,21-26H2,(H,36,41)(H,37,43)(H,38,42)/t29-,30-,31-/m0/s1. The zero-order valence-corrected chi connectivity index (χ0v) is 26.1. The van der Waals surface area contributed by atoms with Crippen LogP contribution in [0.25, 0.3) is 0 Å². The van der Waals surface area contributed by atoms with Gasteiger partial charge >= 0.3 is 5.97 Å². The number of hydrogen-bond acceptors (Lipinski definition) is 7. The van der Waals surface area contributed by atoms with Crippen LogP contribution in [0.15, 0.2) is 73.3 Å². The fourth-order valence-electron chi connectivity index (χ4n) is 4.69. The van der Waals surface area contributed by atoms with Crippen LogP contribution in [0, 0.1) is 0 Å². The summed E-state index contributed by atoms with van der Waals surface area (Å²) in [6.07, 6.45) is 10.8. The number of unbranched alkanes of at least 4 members (excludes halogenated alkanes) is 7. The van der Waals surface area contributed by atoms with Crippen molar-refractivity contribution in [1.29, 1.82) is 0 Å². The van der Waals surface area contributed by atoms with Gasteiger partial charge in [-0.25, -0.2) is 4.79 Å². The lowest BCUT2D eigenvalue weighted by atomic mass is 10.0. The maximum atomic E-state index is 13.3. The third kappa shape index (κ3) is 15.5. The number of nitrogens with one attached hydrogen (secondary N) is 3. The molecule has 5 N–H and O–H groups in total. The summed E-state index contributed by atoms with van der Waals surface area (Å²) < 4.78 is 5.30. The molecule has 0 saturated heterocycles. The van der Waals surface area contributed by atoms with Crippen LogP contribution in [0.1, 0.15) is 68.9 Å². The number of aliphatic hydroxyl groups excluding tert-OH is 2. The molecular formula is C35H49N3O7. The first-order chi connectivity index (χ1) is 21.9. The van der Waals surface area contributed by atoms with Crippen molar-refractivity contribution in [2.75, 3.05) is 19.8 Å². The average Bonchev–Trinajstić information content (AvgIpc) is 3.06. The van der Waals surface area contributed by atoms with Crippen molar-refractivity contribution in [2.45, 2.75) is 88.8 Å². The van der Waals surface area contributed by atoms with Crippen molar-refractivity contribution in [2.24, 2.45) is 0 Å². The molecule has 0 bridgehead atoms. The van der Waals surface area contributed by atoms with Gasteiger partial charge in [0, 0.05) is 12.8 Å². The van der Waals surface area contributed by atoms with Crippen molar-refractivity contribution < 1.29 is 34.1 Å². The number of allylic oxidation sites excluding steroid dienone is 1. The first kappa shape index (κ1) is 37.2. The minimum Gasteiger partial charge on any atom is -0.464 e. The summed E-state index contributed by atoms with van der Waals surface area (Å²) in [5, 5.41) is 27.3. The van der Waals surface area contributed by atoms with Crippen LogP contribution < -0.4 is 16.0 Å². The van der Waals surface area contributed by atoms with Gasteiger partial charge in [-0.15, -0.1) is 6.58 Å². The molecule has 3 amide bonds. The molecular weight excluding hydrogens is 574 g/mol. The van der Waals surface area contributed by atoms with E-state index in [0.29, 0.717) is 12.8 Å². The number of aryl methyl sites for hydroxylation is 1. The molecule has 0 radical (unpaired) electrons. The number of benzene rings is 2. The summed E-state index contributed by atoms with van der Waals surface area (Å²) in [7, 11) is 0. The largest absolute Gasteiger partial charge is 0.464 e. The van der Waals surface area contributed by atoms with E-state index in [1.54, 1.807) is 24.3 Å². The highest BCUT2D eigenvalue weighted by molar-refractivity contribution is 5.93. The van der Waals surface area contributed by atoms with Crippen LogP contribution in [0.3, 0.4) is 0 Å². The Labute approximate surface area is 266 Å². The number of carbonyl (C=O) groups is 4. The SMILES string of the molecule is C=CCCCCCCCCCOC(=O)[C@H](CO)NC(=O)[C@H](Cc1ccccc1)NC(=O)[C@H](CO)NC(=O)CCc1ccccc1. The molecule has 0 heterocycles. The molecule has 0 aliphatic heterocycles. The second-order valence-corrected chi connectivity index (χ2v) is 11.0. The predicted molar refractivity (Wildman–Crippen MR) is 173 cm³/mol. The van der Waals surface area contributed by atoms with E-state index in [1.165, 1.54) is 6.42 Å². The van der Waals surface area contributed by atoms with Crippen molar-refractivity contribution in [1.82, 2.24) is 16.0 Å². The number of esters is 1. The number of rotatable bonds is 23. The van der Waals surface area contributed by atoms with Crippen LogP contribution >= 0.6 is 0 Å². The molecule has 3 atom stereocenters. The van der Waals surface area contributed by atoms with Crippen LogP contribution in [0.4, 0.5) is 0 Å². The average molecular weight is 624 g/mol. The van der Waals surface area contributed by atoms with E-state index in [0.717, 1.165) is 49.7 Å². The molecule has 0 unspecified atom stereocenters. The van der Waals surface area contributed by atoms with Gasteiger partial charge in [0.1, 0.15) is 12.1 Å². The highest BCUT2D eigenvalue weighted by Crippen LogP contribution is 2.10. The van der Waals surface area contributed by atoms with E-state index in [4.69, 9.17) is 4.74 Å². The Balaban J connectivity index is 1.90. The van der Waals surface area contributed by atoms with Crippen molar-refractivity contribution in [3.8, 4) is 0 Å². The van der Waals surface area contributed by atoms with Gasteiger partial charge in [0.05, 0.1) is 19.8 Å². The highest BCUT2D eigenvalue weighted by atomic mass is 16.5. The molecule has 0 aromatic heterocycles. The Kier molecular flexibility index (Phi) is 18.6. The number of hydrogen-bond donors (Lipinski definition) is 5. The summed E-state index contributed by atoms with van der Waals surface area (Å²) in [5.74, 6) is -2.67. The lowest BCUT2D eigenvalue weighted by molar-refractivity contribution is -0.149. The second-order valence-electron chi connectivity index (χ2n) is 11.0. The number of ether oxygens (including phenoxy) is 1. The van der Waals surface area contributed by atoms with Gasteiger partial charge in [-0.3, -0.25) is 14.4 Å². The summed E-state index contributed by atoms with van der Waals surface area (Å²) >= 11 is 0. The Morgan fingerprint density at radius 2 is 1.22 bits per heavy atom. The first-order valence-corrected chi connectivity index (χ1v) is 15.8. The topological polar surface area (TPSA) is 154 Å². The van der Waals surface area contributed by atoms with Crippen LogP contribution in [0.2, 0.25) is 0 Å². The molecule has 0 fully saturated rings. The molecule has 2 aromatic carbocycles. The highest BCUT2D eigenvalue weighted by Gasteiger charge is 2.30. The second kappa shape index (κ2) is 22.5. The van der Waals surface area contributed by atoms with E-state index < -0.39 is 55.0 Å². The van der Waals surface area contributed by atoms with Crippen molar-refractivity contribution in [3.05, 3.63) is 84.4 Å². The lowest BCUT2D eigenvalue weighted by Crippen LogP contribution is -2.57. The summed E-state index contributed by atoms with van der Waals surface area (Å²) in [6, 6.07) is 14.6. The normalized spacial score (nSPS) is 12.8. The summed E-state index contributed by atoms with van der Waals surface area (Å²) in [6.45, 7) is 2.54. The predicted octanol–water partition coefficient (Wildman–Crippen LogP) is 3.15. The smallest absolute Gasteiger partial charge is 0.331 e. The fourth-order valence-corrected chi connectivity index (χ4v) is 4.69. The van der Waals surface area contributed by atoms with Crippen molar-refractivity contribution >= 4 is 23.7 Å². The monoisotopic (exact) mass is 623 g/mol. The van der Waals surface area contributed by atoms with Crippen LogP contribution in [-0.4, -0.2) is 71.9 Å². The van der Waals surface area contributed by atoms with E-state index in [2.05, 4.69) is 22.5 Å². The zero-order chi connectivity index (χ0) is 32.7. The Morgan fingerprint density at radius 3 is 1.82 bits per heavy atom. The fraction of sp³-hybridized carbons (Fsp3) is 0.486.